The largest absolute Gasteiger partial charge is 0.367 e. The van der Waals surface area contributed by atoms with Crippen molar-refractivity contribution in [3.63, 3.8) is 0 Å². The maximum Gasteiger partial charge on any atom is 0.137 e. The van der Waals surface area contributed by atoms with E-state index in [1.165, 1.54) is 32.1 Å². The van der Waals surface area contributed by atoms with E-state index in [1.54, 1.807) is 6.33 Å². The van der Waals surface area contributed by atoms with Gasteiger partial charge in [0.2, 0.25) is 0 Å². The first-order chi connectivity index (χ1) is 9.76. The van der Waals surface area contributed by atoms with Crippen LogP contribution < -0.4 is 5.32 Å². The molecule has 1 N–H and O–H groups in total. The zero-order chi connectivity index (χ0) is 14.4. The molecule has 1 unspecified atom stereocenters. The molecule has 20 heavy (non-hydrogen) atoms. The predicted octanol–water partition coefficient (Wildman–Crippen LogP) is 4.85. The van der Waals surface area contributed by atoms with E-state index in [-0.39, 0.29) is 0 Å². The molecule has 0 radical (unpaired) electrons. The smallest absolute Gasteiger partial charge is 0.137 e. The molecule has 1 heterocycles. The lowest BCUT2D eigenvalue weighted by molar-refractivity contribution is 0.312. The standard InChI is InChI=1S/C16H26ClN3/c1-3-8-13-15(17)18-11-19-16(13)20-14(4-2)12-9-6-5-7-10-12/h11-12,14H,3-10H2,1-2H3,(H,18,19,20). The van der Waals surface area contributed by atoms with Crippen LogP contribution in [0.2, 0.25) is 5.15 Å². The summed E-state index contributed by atoms with van der Waals surface area (Å²) in [5.41, 5.74) is 1.07. The highest BCUT2D eigenvalue weighted by molar-refractivity contribution is 6.30. The van der Waals surface area contributed by atoms with Crippen LogP contribution in [0.15, 0.2) is 6.33 Å². The number of hydrogen-bond donors (Lipinski definition) is 1. The molecule has 1 saturated carbocycles. The van der Waals surface area contributed by atoms with Crippen LogP contribution in [0, 0.1) is 5.92 Å². The maximum absolute atomic E-state index is 6.23. The summed E-state index contributed by atoms with van der Waals surface area (Å²) in [5.74, 6) is 1.72. The molecule has 0 aromatic carbocycles. The molecule has 112 valence electrons. The number of nitrogens with one attached hydrogen (secondary N) is 1. The molecule has 0 amide bonds. The van der Waals surface area contributed by atoms with Crippen LogP contribution in [0.3, 0.4) is 0 Å². The van der Waals surface area contributed by atoms with E-state index >= 15 is 0 Å². The summed E-state index contributed by atoms with van der Waals surface area (Å²) in [6.07, 6.45) is 11.5. The molecule has 4 heteroatoms. The average molecular weight is 296 g/mol. The highest BCUT2D eigenvalue weighted by Gasteiger charge is 2.23. The fraction of sp³-hybridized carbons (Fsp3) is 0.750. The first-order valence-corrected chi connectivity index (χ1v) is 8.40. The van der Waals surface area contributed by atoms with Gasteiger partial charge in [-0.15, -0.1) is 0 Å². The molecule has 3 nitrogen and oxygen atoms in total. The first-order valence-electron chi connectivity index (χ1n) is 8.02. The van der Waals surface area contributed by atoms with Crippen molar-refractivity contribution >= 4 is 17.4 Å². The van der Waals surface area contributed by atoms with Crippen molar-refractivity contribution in [1.29, 1.82) is 0 Å². The van der Waals surface area contributed by atoms with Crippen LogP contribution in [-0.4, -0.2) is 16.0 Å². The van der Waals surface area contributed by atoms with E-state index in [4.69, 9.17) is 11.6 Å². The molecular weight excluding hydrogens is 270 g/mol. The molecule has 1 aliphatic carbocycles. The number of rotatable bonds is 6. The topological polar surface area (TPSA) is 37.8 Å². The monoisotopic (exact) mass is 295 g/mol. The normalized spacial score (nSPS) is 17.9. The Hall–Kier alpha value is -0.830. The van der Waals surface area contributed by atoms with Crippen molar-refractivity contribution in [2.45, 2.75) is 71.3 Å². The van der Waals surface area contributed by atoms with Crippen LogP contribution in [0.4, 0.5) is 5.82 Å². The Bertz CT molecular complexity index is 416. The zero-order valence-electron chi connectivity index (χ0n) is 12.7. The first kappa shape index (κ1) is 15.6. The Balaban J connectivity index is 2.12. The summed E-state index contributed by atoms with van der Waals surface area (Å²) in [7, 11) is 0. The summed E-state index contributed by atoms with van der Waals surface area (Å²) in [6.45, 7) is 4.42. The van der Waals surface area contributed by atoms with E-state index in [2.05, 4.69) is 29.1 Å². The molecule has 0 saturated heterocycles. The van der Waals surface area contributed by atoms with Gasteiger partial charge in [-0.25, -0.2) is 9.97 Å². The molecule has 0 spiro atoms. The van der Waals surface area contributed by atoms with Gasteiger partial charge in [-0.3, -0.25) is 0 Å². The van der Waals surface area contributed by atoms with Crippen molar-refractivity contribution in [1.82, 2.24) is 9.97 Å². The second-order valence-electron chi connectivity index (χ2n) is 5.80. The van der Waals surface area contributed by atoms with E-state index in [9.17, 15) is 0 Å². The fourth-order valence-electron chi connectivity index (χ4n) is 3.25. The molecule has 0 bridgehead atoms. The van der Waals surface area contributed by atoms with Crippen LogP contribution in [0.25, 0.3) is 0 Å². The minimum absolute atomic E-state index is 0.511. The van der Waals surface area contributed by atoms with Gasteiger partial charge in [0.1, 0.15) is 17.3 Å². The molecule has 0 aliphatic heterocycles. The Morgan fingerprint density at radius 1 is 1.25 bits per heavy atom. The zero-order valence-corrected chi connectivity index (χ0v) is 13.4. The lowest BCUT2D eigenvalue weighted by atomic mass is 9.83. The van der Waals surface area contributed by atoms with Crippen LogP contribution in [-0.2, 0) is 6.42 Å². The minimum Gasteiger partial charge on any atom is -0.367 e. The highest BCUT2D eigenvalue weighted by atomic mass is 35.5. The van der Waals surface area contributed by atoms with Gasteiger partial charge in [0, 0.05) is 11.6 Å². The number of hydrogen-bond acceptors (Lipinski definition) is 3. The van der Waals surface area contributed by atoms with E-state index < -0.39 is 0 Å². The Kier molecular flexibility index (Phi) is 6.08. The summed E-state index contributed by atoms with van der Waals surface area (Å²) in [5, 5.41) is 4.26. The van der Waals surface area contributed by atoms with E-state index in [0.29, 0.717) is 11.2 Å². The summed E-state index contributed by atoms with van der Waals surface area (Å²) < 4.78 is 0. The van der Waals surface area contributed by atoms with Gasteiger partial charge in [0.15, 0.2) is 0 Å². The number of anilines is 1. The van der Waals surface area contributed by atoms with E-state index in [0.717, 1.165) is 36.6 Å². The lowest BCUT2D eigenvalue weighted by Crippen LogP contribution is -2.31. The Labute approximate surface area is 127 Å². The number of aromatic nitrogens is 2. The second kappa shape index (κ2) is 7.82. The third-order valence-electron chi connectivity index (χ3n) is 4.37. The summed E-state index contributed by atoms with van der Waals surface area (Å²) >= 11 is 6.23. The Morgan fingerprint density at radius 3 is 2.65 bits per heavy atom. The van der Waals surface area contributed by atoms with Crippen molar-refractivity contribution in [3.05, 3.63) is 17.0 Å². The quantitative estimate of drug-likeness (QED) is 0.762. The predicted molar refractivity (Wildman–Crippen MR) is 85.3 cm³/mol. The minimum atomic E-state index is 0.511. The van der Waals surface area contributed by atoms with Gasteiger partial charge in [-0.05, 0) is 31.6 Å². The SMILES string of the molecule is CCCc1c(Cl)ncnc1NC(CC)C1CCCCC1. The van der Waals surface area contributed by atoms with Crippen LogP contribution >= 0.6 is 11.6 Å². The molecule has 1 aromatic heterocycles. The fourth-order valence-corrected chi connectivity index (χ4v) is 3.48. The molecule has 2 rings (SSSR count). The number of nitrogens with zero attached hydrogens (tertiary/aromatic N) is 2. The van der Waals surface area contributed by atoms with Gasteiger partial charge in [-0.2, -0.15) is 0 Å². The third-order valence-corrected chi connectivity index (χ3v) is 4.70. The second-order valence-corrected chi connectivity index (χ2v) is 6.16. The molecule has 1 fully saturated rings. The summed E-state index contributed by atoms with van der Waals surface area (Å²) in [4.78, 5) is 8.55. The third kappa shape index (κ3) is 3.85. The number of halogens is 1. The van der Waals surface area contributed by atoms with Crippen molar-refractivity contribution in [3.8, 4) is 0 Å². The highest BCUT2D eigenvalue weighted by Crippen LogP contribution is 2.30. The van der Waals surface area contributed by atoms with E-state index in [1.807, 2.05) is 0 Å². The molecular formula is C16H26ClN3. The summed E-state index contributed by atoms with van der Waals surface area (Å²) in [6, 6.07) is 0.511. The van der Waals surface area contributed by atoms with Gasteiger partial charge < -0.3 is 5.32 Å². The van der Waals surface area contributed by atoms with Crippen LogP contribution in [0.1, 0.15) is 64.4 Å². The molecule has 1 atom stereocenters. The Morgan fingerprint density at radius 2 is 2.00 bits per heavy atom. The molecule has 1 aromatic rings. The maximum atomic E-state index is 6.23. The van der Waals surface area contributed by atoms with Gasteiger partial charge >= 0.3 is 0 Å². The van der Waals surface area contributed by atoms with Crippen molar-refractivity contribution < 1.29 is 0 Å². The van der Waals surface area contributed by atoms with Gasteiger partial charge in [0.05, 0.1) is 0 Å². The molecule has 1 aliphatic rings. The average Bonchev–Trinajstić information content (AvgIpc) is 2.49. The van der Waals surface area contributed by atoms with Crippen molar-refractivity contribution in [2.75, 3.05) is 5.32 Å². The van der Waals surface area contributed by atoms with Gasteiger partial charge in [0.25, 0.3) is 0 Å². The van der Waals surface area contributed by atoms with Gasteiger partial charge in [-0.1, -0.05) is 51.1 Å². The van der Waals surface area contributed by atoms with Crippen molar-refractivity contribution in [2.24, 2.45) is 5.92 Å². The lowest BCUT2D eigenvalue weighted by Gasteiger charge is -2.31. The van der Waals surface area contributed by atoms with Crippen LogP contribution in [0.5, 0.6) is 0 Å².